The predicted octanol–water partition coefficient (Wildman–Crippen LogP) is 1.02. The molecule has 0 unspecified atom stereocenters. The van der Waals surface area contributed by atoms with Crippen LogP contribution in [0.5, 0.6) is 0 Å². The number of nitrogens with one attached hydrogen (secondary N) is 2. The van der Waals surface area contributed by atoms with Crippen molar-refractivity contribution in [2.24, 2.45) is 12.0 Å². The fraction of sp³-hybridized carbons (Fsp3) is 0.591. The van der Waals surface area contributed by atoms with Crippen LogP contribution in [0.1, 0.15) is 18.1 Å². The fourth-order valence-electron chi connectivity index (χ4n) is 3.40. The molecule has 9 nitrogen and oxygen atoms in total. The maximum Gasteiger partial charge on any atom is 0.191 e. The first-order valence-electron chi connectivity index (χ1n) is 11.1. The number of morpholine rings is 1. The van der Waals surface area contributed by atoms with Gasteiger partial charge >= 0.3 is 0 Å². The van der Waals surface area contributed by atoms with Gasteiger partial charge in [0.2, 0.25) is 0 Å². The van der Waals surface area contributed by atoms with E-state index in [4.69, 9.17) is 9.73 Å². The van der Waals surface area contributed by atoms with Gasteiger partial charge in [-0.05, 0) is 25.5 Å². The third-order valence-electron chi connectivity index (χ3n) is 5.55. The van der Waals surface area contributed by atoms with E-state index in [2.05, 4.69) is 61.9 Å². The van der Waals surface area contributed by atoms with E-state index in [1.165, 1.54) is 5.69 Å². The maximum atomic E-state index is 5.43. The van der Waals surface area contributed by atoms with Gasteiger partial charge in [-0.2, -0.15) is 0 Å². The lowest BCUT2D eigenvalue weighted by molar-refractivity contribution is 0.0389. The molecule has 1 saturated heterocycles. The summed E-state index contributed by atoms with van der Waals surface area (Å²) in [5, 5.41) is 15.3. The number of aryl methyl sites for hydroxylation is 1. The van der Waals surface area contributed by atoms with Gasteiger partial charge in [0.15, 0.2) is 11.8 Å². The first-order chi connectivity index (χ1) is 15.1. The quantitative estimate of drug-likeness (QED) is 0.332. The summed E-state index contributed by atoms with van der Waals surface area (Å²) in [6.45, 7) is 9.70. The van der Waals surface area contributed by atoms with Crippen LogP contribution >= 0.6 is 0 Å². The zero-order valence-corrected chi connectivity index (χ0v) is 19.0. The Morgan fingerprint density at radius 1 is 1.13 bits per heavy atom. The van der Waals surface area contributed by atoms with Gasteiger partial charge in [-0.1, -0.05) is 18.2 Å². The molecule has 0 radical (unpaired) electrons. The van der Waals surface area contributed by atoms with E-state index in [1.807, 2.05) is 24.6 Å². The van der Waals surface area contributed by atoms with Crippen LogP contribution in [-0.4, -0.2) is 85.2 Å². The molecule has 3 rings (SSSR count). The van der Waals surface area contributed by atoms with Crippen LogP contribution in [0.25, 0.3) is 0 Å². The van der Waals surface area contributed by atoms with E-state index in [1.54, 1.807) is 0 Å². The van der Waals surface area contributed by atoms with Crippen LogP contribution in [0.2, 0.25) is 0 Å². The molecule has 31 heavy (non-hydrogen) atoms. The second-order valence-corrected chi connectivity index (χ2v) is 7.81. The number of anilines is 1. The van der Waals surface area contributed by atoms with E-state index in [-0.39, 0.29) is 0 Å². The SMILES string of the molecule is Cc1nnc(CN=C(NCCCN(C)c2ccccc2)NCCN2CCOCC2)n1C. The van der Waals surface area contributed by atoms with Crippen molar-refractivity contribution < 1.29 is 4.74 Å². The van der Waals surface area contributed by atoms with Gasteiger partial charge in [-0.15, -0.1) is 10.2 Å². The fourth-order valence-corrected chi connectivity index (χ4v) is 3.40. The number of guanidine groups is 1. The Morgan fingerprint density at radius 2 is 1.87 bits per heavy atom. The van der Waals surface area contributed by atoms with Gasteiger partial charge in [0.25, 0.3) is 0 Å². The lowest BCUT2D eigenvalue weighted by atomic mass is 10.3. The highest BCUT2D eigenvalue weighted by Gasteiger charge is 2.10. The van der Waals surface area contributed by atoms with Crippen molar-refractivity contribution in [3.8, 4) is 0 Å². The van der Waals surface area contributed by atoms with Crippen LogP contribution in [-0.2, 0) is 18.3 Å². The molecular weight excluding hydrogens is 392 g/mol. The van der Waals surface area contributed by atoms with Crippen molar-refractivity contribution in [1.29, 1.82) is 0 Å². The van der Waals surface area contributed by atoms with Crippen LogP contribution in [0, 0.1) is 6.92 Å². The molecule has 0 aliphatic carbocycles. The molecule has 2 aromatic rings. The van der Waals surface area contributed by atoms with Crippen LogP contribution < -0.4 is 15.5 Å². The lowest BCUT2D eigenvalue weighted by Gasteiger charge is -2.26. The van der Waals surface area contributed by atoms with Crippen LogP contribution in [0.4, 0.5) is 5.69 Å². The van der Waals surface area contributed by atoms with E-state index in [0.29, 0.717) is 6.54 Å². The Labute approximate surface area is 185 Å². The number of benzene rings is 1. The van der Waals surface area contributed by atoms with Gasteiger partial charge < -0.3 is 24.8 Å². The minimum absolute atomic E-state index is 0.494. The molecule has 0 amide bonds. The minimum atomic E-state index is 0.494. The molecule has 1 aliphatic heterocycles. The Morgan fingerprint density at radius 3 is 2.58 bits per heavy atom. The van der Waals surface area contributed by atoms with E-state index < -0.39 is 0 Å². The second-order valence-electron chi connectivity index (χ2n) is 7.81. The maximum absolute atomic E-state index is 5.43. The van der Waals surface area contributed by atoms with Crippen molar-refractivity contribution >= 4 is 11.6 Å². The number of ether oxygens (including phenoxy) is 1. The molecule has 1 fully saturated rings. The Kier molecular flexibility index (Phi) is 9.11. The highest BCUT2D eigenvalue weighted by atomic mass is 16.5. The standard InChI is InChI=1S/C22H36N8O/c1-19-26-27-21(29(19)3)18-25-22(24-11-13-30-14-16-31-17-15-30)23-10-7-12-28(2)20-8-5-4-6-9-20/h4-6,8-9H,7,10-18H2,1-3H3,(H2,23,24,25). The molecule has 2 N–H and O–H groups in total. The van der Waals surface area contributed by atoms with Gasteiger partial charge in [-0.3, -0.25) is 4.90 Å². The second kappa shape index (κ2) is 12.3. The third-order valence-corrected chi connectivity index (χ3v) is 5.55. The molecule has 170 valence electrons. The summed E-state index contributed by atoms with van der Waals surface area (Å²) >= 11 is 0. The van der Waals surface area contributed by atoms with Crippen molar-refractivity contribution in [3.63, 3.8) is 0 Å². The number of aromatic nitrogens is 3. The topological polar surface area (TPSA) is 82.8 Å². The summed E-state index contributed by atoms with van der Waals surface area (Å²) < 4.78 is 7.40. The first-order valence-corrected chi connectivity index (χ1v) is 11.1. The van der Waals surface area contributed by atoms with Crippen LogP contribution in [0.15, 0.2) is 35.3 Å². The number of hydrogen-bond donors (Lipinski definition) is 2. The summed E-state index contributed by atoms with van der Waals surface area (Å²) in [4.78, 5) is 9.42. The molecule has 1 aromatic carbocycles. The van der Waals surface area contributed by atoms with Gasteiger partial charge in [-0.25, -0.2) is 4.99 Å². The summed E-state index contributed by atoms with van der Waals surface area (Å²) in [6, 6.07) is 10.5. The zero-order valence-electron chi connectivity index (χ0n) is 19.0. The van der Waals surface area contributed by atoms with Gasteiger partial charge in [0.05, 0.1) is 13.2 Å². The molecule has 0 spiro atoms. The highest BCUT2D eigenvalue weighted by molar-refractivity contribution is 5.79. The van der Waals surface area contributed by atoms with Crippen molar-refractivity contribution in [1.82, 2.24) is 30.3 Å². The first kappa shape index (κ1) is 23.0. The molecule has 0 saturated carbocycles. The smallest absolute Gasteiger partial charge is 0.191 e. The molecule has 9 heteroatoms. The minimum Gasteiger partial charge on any atom is -0.379 e. The monoisotopic (exact) mass is 428 g/mol. The van der Waals surface area contributed by atoms with Crippen molar-refractivity contribution in [2.45, 2.75) is 19.9 Å². The van der Waals surface area contributed by atoms with Gasteiger partial charge in [0.1, 0.15) is 12.4 Å². The third kappa shape index (κ3) is 7.52. The van der Waals surface area contributed by atoms with Crippen molar-refractivity contribution in [2.75, 3.05) is 64.4 Å². The molecule has 0 bridgehead atoms. The molecular formula is C22H36N8O. The van der Waals surface area contributed by atoms with E-state index >= 15 is 0 Å². The molecule has 0 atom stereocenters. The largest absolute Gasteiger partial charge is 0.379 e. The predicted molar refractivity (Wildman–Crippen MR) is 124 cm³/mol. The van der Waals surface area contributed by atoms with Crippen LogP contribution in [0.3, 0.4) is 0 Å². The highest BCUT2D eigenvalue weighted by Crippen LogP contribution is 2.10. The number of rotatable bonds is 10. The van der Waals surface area contributed by atoms with Crippen molar-refractivity contribution in [3.05, 3.63) is 42.0 Å². The Hall–Kier alpha value is -2.65. The number of para-hydroxylation sites is 1. The number of hydrogen-bond acceptors (Lipinski definition) is 6. The molecule has 1 aliphatic rings. The lowest BCUT2D eigenvalue weighted by Crippen LogP contribution is -2.44. The summed E-state index contributed by atoms with van der Waals surface area (Å²) in [5.74, 6) is 2.57. The summed E-state index contributed by atoms with van der Waals surface area (Å²) in [6.07, 6.45) is 1.01. The van der Waals surface area contributed by atoms with Gasteiger partial charge in [0, 0.05) is 59.1 Å². The summed E-state index contributed by atoms with van der Waals surface area (Å²) in [7, 11) is 4.10. The Balaban J connectivity index is 1.47. The van der Waals surface area contributed by atoms with E-state index in [0.717, 1.165) is 76.5 Å². The number of nitrogens with zero attached hydrogens (tertiary/aromatic N) is 6. The number of aliphatic imine (C=N–C) groups is 1. The average molecular weight is 429 g/mol. The molecule has 1 aromatic heterocycles. The average Bonchev–Trinajstić information content (AvgIpc) is 3.13. The summed E-state index contributed by atoms with van der Waals surface area (Å²) in [5.41, 5.74) is 1.23. The Bertz CT molecular complexity index is 801. The normalized spacial score (nSPS) is 15.1. The zero-order chi connectivity index (χ0) is 21.9. The molecule has 2 heterocycles. The van der Waals surface area contributed by atoms with E-state index in [9.17, 15) is 0 Å².